The van der Waals surface area contributed by atoms with Crippen molar-refractivity contribution in [3.63, 3.8) is 0 Å². The summed E-state index contributed by atoms with van der Waals surface area (Å²) in [5.41, 5.74) is 1.29. The molecule has 0 bridgehead atoms. The molecule has 3 fully saturated rings. The minimum atomic E-state index is -3.97. The fraction of sp³-hybridized carbons (Fsp3) is 0.324. The number of rotatable bonds is 12. The molecule has 2 aliphatic carbocycles. The van der Waals surface area contributed by atoms with Crippen molar-refractivity contribution in [3.8, 4) is 0 Å². The van der Waals surface area contributed by atoms with Crippen LogP contribution < -0.4 is 9.62 Å². The molecule has 2 heterocycles. The van der Waals surface area contributed by atoms with Crippen molar-refractivity contribution < 1.29 is 27.1 Å². The molecule has 4 aromatic rings. The van der Waals surface area contributed by atoms with Gasteiger partial charge in [0.05, 0.1) is 36.0 Å². The zero-order chi connectivity index (χ0) is 35.0. The van der Waals surface area contributed by atoms with E-state index in [2.05, 4.69) is 10.3 Å². The maximum atomic E-state index is 15.4. The van der Waals surface area contributed by atoms with Crippen LogP contribution in [-0.2, 0) is 24.3 Å². The largest absolute Gasteiger partial charge is 0.357 e. The molecule has 260 valence electrons. The summed E-state index contributed by atoms with van der Waals surface area (Å²) in [7, 11) is -3.97. The molecule has 50 heavy (non-hydrogen) atoms. The molecule has 3 aromatic carbocycles. The number of halogens is 3. The van der Waals surface area contributed by atoms with Crippen LogP contribution in [0.15, 0.2) is 97.2 Å². The van der Waals surface area contributed by atoms with Gasteiger partial charge in [-0.25, -0.2) is 17.8 Å². The Balaban J connectivity index is 1.34. The summed E-state index contributed by atoms with van der Waals surface area (Å²) < 4.78 is 51.2. The fourth-order valence-corrected chi connectivity index (χ4v) is 8.86. The standard InChI is InChI=1S/C37H35Cl2FN4O5S/c38-26-15-13-24(14-16-26)35-36(25-6-5-7-27(39)20-25)49-32(21-34(45)42-33-10-3-4-19-41-33)37(46)44(35)31(23-11-12-23)22-43(50(47,48)28-17-18-28)30-9-2-1-8-29(30)40/h1-10,13-16,19-20,23,28,31-32,35-36H,11-12,17-18,21-22H2,(H,41,42,45). The highest BCUT2D eigenvalue weighted by atomic mass is 35.5. The molecule has 4 unspecified atom stereocenters. The third-order valence-electron chi connectivity index (χ3n) is 9.37. The second-order valence-corrected chi connectivity index (χ2v) is 16.0. The Morgan fingerprint density at radius 2 is 1.68 bits per heavy atom. The topological polar surface area (TPSA) is 109 Å². The van der Waals surface area contributed by atoms with Crippen LogP contribution in [0.1, 0.15) is 55.4 Å². The van der Waals surface area contributed by atoms with Crippen molar-refractivity contribution in [2.75, 3.05) is 16.2 Å². The first kappa shape index (κ1) is 34.4. The van der Waals surface area contributed by atoms with Crippen LogP contribution >= 0.6 is 23.2 Å². The Morgan fingerprint density at radius 1 is 0.940 bits per heavy atom. The van der Waals surface area contributed by atoms with Crippen molar-refractivity contribution in [2.24, 2.45) is 5.92 Å². The van der Waals surface area contributed by atoms with Gasteiger partial charge in [0.2, 0.25) is 15.9 Å². The van der Waals surface area contributed by atoms with Crippen LogP contribution in [0.3, 0.4) is 0 Å². The van der Waals surface area contributed by atoms with Gasteiger partial charge in [0.15, 0.2) is 0 Å². The number of aromatic nitrogens is 1. The van der Waals surface area contributed by atoms with Gasteiger partial charge in [0, 0.05) is 16.2 Å². The molecule has 2 amide bonds. The lowest BCUT2D eigenvalue weighted by atomic mass is 9.89. The molecule has 1 saturated heterocycles. The highest BCUT2D eigenvalue weighted by Crippen LogP contribution is 2.49. The van der Waals surface area contributed by atoms with Gasteiger partial charge in [0.1, 0.15) is 23.8 Å². The number of benzene rings is 3. The van der Waals surface area contributed by atoms with Crippen molar-refractivity contribution >= 4 is 56.5 Å². The Kier molecular flexibility index (Phi) is 9.85. The maximum absolute atomic E-state index is 15.4. The first-order valence-corrected chi connectivity index (χ1v) is 18.8. The predicted molar refractivity (Wildman–Crippen MR) is 190 cm³/mol. The van der Waals surface area contributed by atoms with Gasteiger partial charge in [-0.05, 0) is 91.3 Å². The average Bonchev–Trinajstić information content (AvgIpc) is 4.02. The van der Waals surface area contributed by atoms with Gasteiger partial charge in [0.25, 0.3) is 5.91 Å². The second kappa shape index (κ2) is 14.3. The molecule has 13 heteroatoms. The monoisotopic (exact) mass is 736 g/mol. The SMILES string of the molecule is O=C(CC1OC(c2cccc(Cl)c2)C(c2ccc(Cl)cc2)N(C(CN(c2ccccc2F)S(=O)(=O)C2CC2)C2CC2)C1=O)Nc1ccccn1. The van der Waals surface area contributed by atoms with Crippen molar-refractivity contribution in [1.82, 2.24) is 9.88 Å². The average molecular weight is 738 g/mol. The number of carbonyl (C=O) groups excluding carboxylic acids is 2. The number of sulfonamides is 1. The number of hydrogen-bond acceptors (Lipinski definition) is 6. The number of hydrogen-bond donors (Lipinski definition) is 1. The Morgan fingerprint density at radius 3 is 2.34 bits per heavy atom. The molecule has 9 nitrogen and oxygen atoms in total. The number of ether oxygens (including phenoxy) is 1. The first-order valence-electron chi connectivity index (χ1n) is 16.6. The van der Waals surface area contributed by atoms with Crippen LogP contribution in [0.5, 0.6) is 0 Å². The van der Waals surface area contributed by atoms with E-state index in [0.717, 1.165) is 17.1 Å². The summed E-state index contributed by atoms with van der Waals surface area (Å²) in [6.07, 6.45) is 1.60. The third-order valence-corrected chi connectivity index (χ3v) is 12.1. The lowest BCUT2D eigenvalue weighted by Crippen LogP contribution is -2.59. The molecular weight excluding hydrogens is 702 g/mol. The van der Waals surface area contributed by atoms with E-state index in [1.54, 1.807) is 65.7 Å². The summed E-state index contributed by atoms with van der Waals surface area (Å²) >= 11 is 12.8. The van der Waals surface area contributed by atoms with Gasteiger partial charge in [-0.3, -0.25) is 13.9 Å². The Hall–Kier alpha value is -4.03. The van der Waals surface area contributed by atoms with Gasteiger partial charge in [-0.2, -0.15) is 0 Å². The summed E-state index contributed by atoms with van der Waals surface area (Å²) in [5, 5.41) is 3.05. The number of carbonyl (C=O) groups is 2. The number of pyridine rings is 1. The number of nitrogens with one attached hydrogen (secondary N) is 1. The summed E-state index contributed by atoms with van der Waals surface area (Å²) in [6.45, 7) is -0.171. The molecule has 2 saturated carbocycles. The number of morpholine rings is 1. The van der Waals surface area contributed by atoms with Crippen molar-refractivity contribution in [1.29, 1.82) is 0 Å². The molecule has 1 N–H and O–H groups in total. The molecule has 0 radical (unpaired) electrons. The summed E-state index contributed by atoms with van der Waals surface area (Å²) in [6, 6.07) is 23.6. The van der Waals surface area contributed by atoms with E-state index in [0.29, 0.717) is 39.8 Å². The van der Waals surface area contributed by atoms with Gasteiger partial charge in [-0.15, -0.1) is 0 Å². The highest BCUT2D eigenvalue weighted by Gasteiger charge is 2.52. The van der Waals surface area contributed by atoms with E-state index in [-0.39, 0.29) is 24.6 Å². The van der Waals surface area contributed by atoms with E-state index < -0.39 is 57.2 Å². The van der Waals surface area contributed by atoms with E-state index in [1.807, 2.05) is 18.2 Å². The highest BCUT2D eigenvalue weighted by molar-refractivity contribution is 7.93. The third kappa shape index (κ3) is 7.37. The van der Waals surface area contributed by atoms with Gasteiger partial charge in [-0.1, -0.05) is 65.7 Å². The van der Waals surface area contributed by atoms with E-state index >= 15 is 4.39 Å². The van der Waals surface area contributed by atoms with Gasteiger partial charge < -0.3 is 15.0 Å². The summed E-state index contributed by atoms with van der Waals surface area (Å²) in [4.78, 5) is 34.1. The minimum absolute atomic E-state index is 0.0634. The molecule has 7 rings (SSSR count). The molecule has 0 spiro atoms. The van der Waals surface area contributed by atoms with Crippen LogP contribution in [0, 0.1) is 11.7 Å². The molecular formula is C37H35Cl2FN4O5S. The lowest BCUT2D eigenvalue weighted by Gasteiger charge is -2.49. The molecule has 4 atom stereocenters. The zero-order valence-corrected chi connectivity index (χ0v) is 29.2. The van der Waals surface area contributed by atoms with Crippen LogP contribution in [0.2, 0.25) is 10.0 Å². The second-order valence-electron chi connectivity index (χ2n) is 12.9. The van der Waals surface area contributed by atoms with Crippen molar-refractivity contribution in [3.05, 3.63) is 124 Å². The Labute approximate surface area is 300 Å². The van der Waals surface area contributed by atoms with E-state index in [9.17, 15) is 18.0 Å². The molecule has 3 aliphatic rings. The van der Waals surface area contributed by atoms with Crippen LogP contribution in [0.4, 0.5) is 15.9 Å². The lowest BCUT2D eigenvalue weighted by molar-refractivity contribution is -0.181. The number of nitrogens with zero attached hydrogens (tertiary/aromatic N) is 3. The van der Waals surface area contributed by atoms with E-state index in [1.165, 1.54) is 18.2 Å². The smallest absolute Gasteiger partial charge is 0.253 e. The first-order chi connectivity index (χ1) is 24.1. The zero-order valence-electron chi connectivity index (χ0n) is 26.9. The molecule has 1 aromatic heterocycles. The number of anilines is 2. The fourth-order valence-electron chi connectivity index (χ4n) is 6.66. The maximum Gasteiger partial charge on any atom is 0.253 e. The van der Waals surface area contributed by atoms with Crippen LogP contribution in [-0.4, -0.2) is 54.1 Å². The van der Waals surface area contributed by atoms with E-state index in [4.69, 9.17) is 27.9 Å². The van der Waals surface area contributed by atoms with Gasteiger partial charge >= 0.3 is 0 Å². The Bertz CT molecular complexity index is 1980. The van der Waals surface area contributed by atoms with Crippen LogP contribution in [0.25, 0.3) is 0 Å². The molecule has 1 aliphatic heterocycles. The minimum Gasteiger partial charge on any atom is -0.357 e. The number of para-hydroxylation sites is 1. The quantitative estimate of drug-likeness (QED) is 0.163. The number of amides is 2. The summed E-state index contributed by atoms with van der Waals surface area (Å²) in [5.74, 6) is -1.39. The van der Waals surface area contributed by atoms with Crippen molar-refractivity contribution in [2.45, 2.75) is 61.6 Å². The normalized spacial score (nSPS) is 21.5. The predicted octanol–water partition coefficient (Wildman–Crippen LogP) is 7.34.